The third-order valence-corrected chi connectivity index (χ3v) is 3.06. The number of rotatable bonds is 7. The predicted molar refractivity (Wildman–Crippen MR) is 65.8 cm³/mol. The van der Waals surface area contributed by atoms with E-state index in [2.05, 4.69) is 17.3 Å². The Labute approximate surface area is 99.3 Å². The van der Waals surface area contributed by atoms with Crippen LogP contribution in [0, 0.1) is 0 Å². The highest BCUT2D eigenvalue weighted by atomic mass is 16.5. The van der Waals surface area contributed by atoms with Crippen LogP contribution < -0.4 is 5.32 Å². The zero-order chi connectivity index (χ0) is 11.6. The number of likely N-dealkylation sites (tertiary alicyclic amines) is 1. The molecule has 1 aliphatic heterocycles. The zero-order valence-corrected chi connectivity index (χ0v) is 10.7. The Morgan fingerprint density at radius 3 is 2.88 bits per heavy atom. The number of hydrogen-bond donors (Lipinski definition) is 1. The van der Waals surface area contributed by atoms with E-state index in [4.69, 9.17) is 9.47 Å². The molecular weight excluding hydrogens is 204 g/mol. The molecule has 1 unspecified atom stereocenters. The van der Waals surface area contributed by atoms with Gasteiger partial charge in [0.2, 0.25) is 0 Å². The summed E-state index contributed by atoms with van der Waals surface area (Å²) in [6, 6.07) is 0.677. The smallest absolute Gasteiger partial charge is 0.0700 e. The lowest BCUT2D eigenvalue weighted by Gasteiger charge is -2.16. The standard InChI is InChI=1S/C12H26N2O2/c1-14-7-3-4-12(5-8-14)13-6-9-16-11-10-15-2/h12-13H,3-11H2,1-2H3. The third kappa shape index (κ3) is 6.43. The van der Waals surface area contributed by atoms with Gasteiger partial charge < -0.3 is 19.7 Å². The Kier molecular flexibility index (Phi) is 7.76. The van der Waals surface area contributed by atoms with Gasteiger partial charge in [0.25, 0.3) is 0 Å². The van der Waals surface area contributed by atoms with Crippen molar-refractivity contribution in [3.05, 3.63) is 0 Å². The summed E-state index contributed by atoms with van der Waals surface area (Å²) in [6.07, 6.45) is 3.86. The molecule has 1 saturated heterocycles. The normalized spacial score (nSPS) is 23.2. The van der Waals surface area contributed by atoms with E-state index in [1.54, 1.807) is 7.11 Å². The predicted octanol–water partition coefficient (Wildman–Crippen LogP) is 0.723. The quantitative estimate of drug-likeness (QED) is 0.654. The maximum Gasteiger partial charge on any atom is 0.0700 e. The number of hydrogen-bond acceptors (Lipinski definition) is 4. The second-order valence-corrected chi connectivity index (χ2v) is 4.49. The number of nitrogens with zero attached hydrogens (tertiary/aromatic N) is 1. The molecule has 4 heteroatoms. The molecule has 0 aromatic rings. The zero-order valence-electron chi connectivity index (χ0n) is 10.7. The van der Waals surface area contributed by atoms with Gasteiger partial charge in [-0.3, -0.25) is 0 Å². The molecule has 1 N–H and O–H groups in total. The summed E-state index contributed by atoms with van der Waals surface area (Å²) in [6.45, 7) is 5.58. The van der Waals surface area contributed by atoms with Gasteiger partial charge in [0.1, 0.15) is 0 Å². The second-order valence-electron chi connectivity index (χ2n) is 4.49. The van der Waals surface area contributed by atoms with Crippen molar-refractivity contribution < 1.29 is 9.47 Å². The van der Waals surface area contributed by atoms with Crippen LogP contribution in [0.1, 0.15) is 19.3 Å². The van der Waals surface area contributed by atoms with E-state index >= 15 is 0 Å². The van der Waals surface area contributed by atoms with E-state index in [1.165, 1.54) is 32.4 Å². The van der Waals surface area contributed by atoms with Crippen LogP contribution in [0.2, 0.25) is 0 Å². The fourth-order valence-corrected chi connectivity index (χ4v) is 2.02. The van der Waals surface area contributed by atoms with Crippen LogP contribution in [-0.2, 0) is 9.47 Å². The second kappa shape index (κ2) is 8.93. The molecule has 0 spiro atoms. The highest BCUT2D eigenvalue weighted by molar-refractivity contribution is 4.73. The van der Waals surface area contributed by atoms with Crippen LogP contribution in [0.4, 0.5) is 0 Å². The summed E-state index contributed by atoms with van der Waals surface area (Å²) in [5.74, 6) is 0. The molecule has 1 aliphatic rings. The lowest BCUT2D eigenvalue weighted by atomic mass is 10.1. The molecule has 0 aromatic heterocycles. The summed E-state index contributed by atoms with van der Waals surface area (Å²) >= 11 is 0. The van der Waals surface area contributed by atoms with Crippen LogP contribution >= 0.6 is 0 Å². The Balaban J connectivity index is 1.95. The first kappa shape index (κ1) is 13.9. The molecule has 1 rings (SSSR count). The van der Waals surface area contributed by atoms with Gasteiger partial charge in [-0.2, -0.15) is 0 Å². The Morgan fingerprint density at radius 1 is 1.19 bits per heavy atom. The van der Waals surface area contributed by atoms with Crippen LogP contribution in [-0.4, -0.2) is 64.6 Å². The summed E-state index contributed by atoms with van der Waals surface area (Å²) in [7, 11) is 3.90. The first-order valence-electron chi connectivity index (χ1n) is 6.31. The van der Waals surface area contributed by atoms with E-state index in [0.29, 0.717) is 19.3 Å². The van der Waals surface area contributed by atoms with Gasteiger partial charge in [-0.15, -0.1) is 0 Å². The van der Waals surface area contributed by atoms with Gasteiger partial charge in [-0.25, -0.2) is 0 Å². The van der Waals surface area contributed by atoms with Crippen LogP contribution in [0.5, 0.6) is 0 Å². The molecule has 1 fully saturated rings. The molecule has 1 atom stereocenters. The minimum Gasteiger partial charge on any atom is -0.382 e. The number of nitrogens with one attached hydrogen (secondary N) is 1. The monoisotopic (exact) mass is 230 g/mol. The maximum atomic E-state index is 5.42. The van der Waals surface area contributed by atoms with E-state index in [1.807, 2.05) is 0 Å². The summed E-state index contributed by atoms with van der Waals surface area (Å²) in [5.41, 5.74) is 0. The fraction of sp³-hybridized carbons (Fsp3) is 1.00. The van der Waals surface area contributed by atoms with Gasteiger partial charge in [0.05, 0.1) is 19.8 Å². The lowest BCUT2D eigenvalue weighted by molar-refractivity contribution is 0.0708. The molecule has 0 aliphatic carbocycles. The van der Waals surface area contributed by atoms with Crippen molar-refractivity contribution in [2.45, 2.75) is 25.3 Å². The van der Waals surface area contributed by atoms with Crippen LogP contribution in [0.15, 0.2) is 0 Å². The Bertz CT molecular complexity index is 167. The highest BCUT2D eigenvalue weighted by Crippen LogP contribution is 2.08. The molecule has 0 radical (unpaired) electrons. The lowest BCUT2D eigenvalue weighted by Crippen LogP contribution is -2.33. The van der Waals surface area contributed by atoms with Gasteiger partial charge in [0.15, 0.2) is 0 Å². The molecular formula is C12H26N2O2. The highest BCUT2D eigenvalue weighted by Gasteiger charge is 2.13. The largest absolute Gasteiger partial charge is 0.382 e. The fourth-order valence-electron chi connectivity index (χ4n) is 2.02. The van der Waals surface area contributed by atoms with E-state index < -0.39 is 0 Å². The Morgan fingerprint density at radius 2 is 2.06 bits per heavy atom. The summed E-state index contributed by atoms with van der Waals surface area (Å²) in [5, 5.41) is 3.57. The van der Waals surface area contributed by atoms with Crippen molar-refractivity contribution in [2.24, 2.45) is 0 Å². The average Bonchev–Trinajstić information content (AvgIpc) is 2.49. The third-order valence-electron chi connectivity index (χ3n) is 3.06. The topological polar surface area (TPSA) is 33.7 Å². The minimum atomic E-state index is 0.677. The molecule has 0 aromatic carbocycles. The molecule has 0 bridgehead atoms. The summed E-state index contributed by atoms with van der Waals surface area (Å²) < 4.78 is 10.3. The molecule has 0 amide bonds. The first-order valence-corrected chi connectivity index (χ1v) is 6.31. The molecule has 1 heterocycles. The molecule has 0 saturated carbocycles. The average molecular weight is 230 g/mol. The van der Waals surface area contributed by atoms with Crippen molar-refractivity contribution >= 4 is 0 Å². The van der Waals surface area contributed by atoms with Crippen LogP contribution in [0.25, 0.3) is 0 Å². The van der Waals surface area contributed by atoms with Crippen molar-refractivity contribution in [2.75, 3.05) is 53.6 Å². The van der Waals surface area contributed by atoms with Crippen molar-refractivity contribution in [3.8, 4) is 0 Å². The van der Waals surface area contributed by atoms with Gasteiger partial charge in [0, 0.05) is 19.7 Å². The number of ether oxygens (including phenoxy) is 2. The molecule has 96 valence electrons. The Hall–Kier alpha value is -0.160. The van der Waals surface area contributed by atoms with Crippen LogP contribution in [0.3, 0.4) is 0 Å². The molecule has 4 nitrogen and oxygen atoms in total. The summed E-state index contributed by atoms with van der Waals surface area (Å²) in [4.78, 5) is 2.41. The maximum absolute atomic E-state index is 5.42. The van der Waals surface area contributed by atoms with Gasteiger partial charge in [-0.1, -0.05) is 0 Å². The van der Waals surface area contributed by atoms with E-state index in [-0.39, 0.29) is 0 Å². The minimum absolute atomic E-state index is 0.677. The molecule has 16 heavy (non-hydrogen) atoms. The van der Waals surface area contributed by atoms with Crippen molar-refractivity contribution in [3.63, 3.8) is 0 Å². The van der Waals surface area contributed by atoms with Gasteiger partial charge in [-0.05, 0) is 39.4 Å². The van der Waals surface area contributed by atoms with E-state index in [9.17, 15) is 0 Å². The SMILES string of the molecule is COCCOCCNC1CCCN(C)CC1. The van der Waals surface area contributed by atoms with Crippen molar-refractivity contribution in [1.29, 1.82) is 0 Å². The van der Waals surface area contributed by atoms with Gasteiger partial charge >= 0.3 is 0 Å². The van der Waals surface area contributed by atoms with E-state index in [0.717, 1.165) is 13.2 Å². The van der Waals surface area contributed by atoms with Crippen molar-refractivity contribution in [1.82, 2.24) is 10.2 Å². The first-order chi connectivity index (χ1) is 7.83. The number of methoxy groups -OCH3 is 1.